The molecule has 0 fully saturated rings. The van der Waals surface area contributed by atoms with E-state index < -0.39 is 0 Å². The van der Waals surface area contributed by atoms with Crippen molar-refractivity contribution >= 4 is 15.9 Å². The Balaban J connectivity index is 2.77. The van der Waals surface area contributed by atoms with Crippen molar-refractivity contribution < 1.29 is 5.11 Å². The maximum absolute atomic E-state index is 9.16. The molecule has 0 aliphatic heterocycles. The van der Waals surface area contributed by atoms with Gasteiger partial charge in [-0.15, -0.1) is 0 Å². The van der Waals surface area contributed by atoms with Gasteiger partial charge < -0.3 is 5.11 Å². The van der Waals surface area contributed by atoms with Crippen molar-refractivity contribution in [2.24, 2.45) is 0 Å². The number of aryl methyl sites for hydroxylation is 1. The SMILES string of the molecule is N#CCCc1ccc(O)c(Br)c1. The van der Waals surface area contributed by atoms with Crippen molar-refractivity contribution in [1.29, 1.82) is 5.26 Å². The summed E-state index contributed by atoms with van der Waals surface area (Å²) in [5, 5.41) is 17.5. The molecule has 62 valence electrons. The number of hydrogen-bond donors (Lipinski definition) is 1. The summed E-state index contributed by atoms with van der Waals surface area (Å²) < 4.78 is 0.679. The molecule has 0 heterocycles. The fourth-order valence-corrected chi connectivity index (χ4v) is 1.33. The maximum atomic E-state index is 9.16. The maximum Gasteiger partial charge on any atom is 0.129 e. The van der Waals surface area contributed by atoms with Gasteiger partial charge in [-0.1, -0.05) is 6.07 Å². The Labute approximate surface area is 79.6 Å². The van der Waals surface area contributed by atoms with Gasteiger partial charge in [-0.25, -0.2) is 0 Å². The normalized spacial score (nSPS) is 9.33. The van der Waals surface area contributed by atoms with E-state index in [9.17, 15) is 0 Å². The van der Waals surface area contributed by atoms with Gasteiger partial charge in [-0.2, -0.15) is 5.26 Å². The largest absolute Gasteiger partial charge is 0.507 e. The summed E-state index contributed by atoms with van der Waals surface area (Å²) in [6.07, 6.45) is 1.24. The molecular formula is C9H8BrNO. The second-order valence-corrected chi connectivity index (χ2v) is 3.30. The average Bonchev–Trinajstić information content (AvgIpc) is 2.07. The lowest BCUT2D eigenvalue weighted by molar-refractivity contribution is 0.471. The van der Waals surface area contributed by atoms with Crippen molar-refractivity contribution in [2.75, 3.05) is 0 Å². The van der Waals surface area contributed by atoms with Crippen LogP contribution in [0.5, 0.6) is 5.75 Å². The second-order valence-electron chi connectivity index (χ2n) is 2.44. The molecule has 3 heteroatoms. The molecule has 0 atom stereocenters. The third-order valence-corrected chi connectivity index (χ3v) is 2.17. The Morgan fingerprint density at radius 3 is 2.83 bits per heavy atom. The molecule has 0 aliphatic carbocycles. The van der Waals surface area contributed by atoms with E-state index in [-0.39, 0.29) is 5.75 Å². The average molecular weight is 226 g/mol. The van der Waals surface area contributed by atoms with Gasteiger partial charge in [0.2, 0.25) is 0 Å². The van der Waals surface area contributed by atoms with Gasteiger partial charge in [0.25, 0.3) is 0 Å². The molecule has 1 aromatic carbocycles. The standard InChI is InChI=1S/C9H8BrNO/c10-8-6-7(2-1-5-11)3-4-9(8)12/h3-4,6,12H,1-2H2. The van der Waals surface area contributed by atoms with E-state index in [2.05, 4.69) is 22.0 Å². The first-order valence-electron chi connectivity index (χ1n) is 3.58. The minimum Gasteiger partial charge on any atom is -0.507 e. The lowest BCUT2D eigenvalue weighted by atomic mass is 10.1. The van der Waals surface area contributed by atoms with Gasteiger partial charge in [0, 0.05) is 6.42 Å². The van der Waals surface area contributed by atoms with Crippen LogP contribution in [0.3, 0.4) is 0 Å². The highest BCUT2D eigenvalue weighted by Gasteiger charge is 1.98. The molecule has 0 saturated carbocycles. The summed E-state index contributed by atoms with van der Waals surface area (Å²) in [4.78, 5) is 0. The first-order valence-corrected chi connectivity index (χ1v) is 4.37. The molecule has 0 spiro atoms. The Bertz CT molecular complexity index is 317. The number of aromatic hydroxyl groups is 1. The van der Waals surface area contributed by atoms with E-state index in [1.165, 1.54) is 0 Å². The molecule has 1 N–H and O–H groups in total. The molecule has 0 saturated heterocycles. The van der Waals surface area contributed by atoms with Gasteiger partial charge in [-0.3, -0.25) is 0 Å². The quantitative estimate of drug-likeness (QED) is 0.842. The third kappa shape index (κ3) is 2.24. The molecule has 1 aromatic rings. The zero-order valence-corrected chi connectivity index (χ0v) is 8.00. The van der Waals surface area contributed by atoms with Gasteiger partial charge in [0.15, 0.2) is 0 Å². The van der Waals surface area contributed by atoms with Crippen molar-refractivity contribution in [3.05, 3.63) is 28.2 Å². The Hall–Kier alpha value is -1.01. The number of halogens is 1. The summed E-state index contributed by atoms with van der Waals surface area (Å²) in [5.41, 5.74) is 1.06. The molecule has 2 nitrogen and oxygen atoms in total. The highest BCUT2D eigenvalue weighted by molar-refractivity contribution is 9.10. The van der Waals surface area contributed by atoms with Crippen LogP contribution in [-0.4, -0.2) is 5.11 Å². The van der Waals surface area contributed by atoms with Gasteiger partial charge in [0.1, 0.15) is 5.75 Å². The number of hydrogen-bond acceptors (Lipinski definition) is 2. The fourth-order valence-electron chi connectivity index (χ4n) is 0.906. The van der Waals surface area contributed by atoms with Crippen molar-refractivity contribution in [3.8, 4) is 11.8 Å². The molecular weight excluding hydrogens is 218 g/mol. The van der Waals surface area contributed by atoms with Crippen molar-refractivity contribution in [3.63, 3.8) is 0 Å². The number of phenols is 1. The van der Waals surface area contributed by atoms with Crippen LogP contribution in [0.1, 0.15) is 12.0 Å². The predicted molar refractivity (Wildman–Crippen MR) is 49.7 cm³/mol. The van der Waals surface area contributed by atoms with E-state index >= 15 is 0 Å². The third-order valence-electron chi connectivity index (χ3n) is 1.54. The molecule has 1 rings (SSSR count). The molecule has 0 bridgehead atoms. The fraction of sp³-hybridized carbons (Fsp3) is 0.222. The van der Waals surface area contributed by atoms with E-state index in [1.54, 1.807) is 6.07 Å². The van der Waals surface area contributed by atoms with Crippen molar-refractivity contribution in [2.45, 2.75) is 12.8 Å². The van der Waals surface area contributed by atoms with Gasteiger partial charge >= 0.3 is 0 Å². The van der Waals surface area contributed by atoms with Crippen LogP contribution >= 0.6 is 15.9 Å². The number of rotatable bonds is 2. The lowest BCUT2D eigenvalue weighted by Crippen LogP contribution is -1.82. The smallest absolute Gasteiger partial charge is 0.129 e. The van der Waals surface area contributed by atoms with Gasteiger partial charge in [-0.05, 0) is 40.0 Å². The summed E-state index contributed by atoms with van der Waals surface area (Å²) in [6.45, 7) is 0. The Kier molecular flexibility index (Phi) is 3.12. The van der Waals surface area contributed by atoms with Crippen LogP contribution in [-0.2, 0) is 6.42 Å². The highest BCUT2D eigenvalue weighted by atomic mass is 79.9. The lowest BCUT2D eigenvalue weighted by Gasteiger charge is -1.99. The molecule has 12 heavy (non-hydrogen) atoms. The first kappa shape index (κ1) is 9.08. The first-order chi connectivity index (χ1) is 5.74. The zero-order valence-electron chi connectivity index (χ0n) is 6.42. The molecule has 0 aromatic heterocycles. The number of benzene rings is 1. The number of nitrogens with zero attached hydrogens (tertiary/aromatic N) is 1. The van der Waals surface area contributed by atoms with Crippen LogP contribution in [0.4, 0.5) is 0 Å². The van der Waals surface area contributed by atoms with Crippen LogP contribution in [0.2, 0.25) is 0 Å². The van der Waals surface area contributed by atoms with Crippen LogP contribution < -0.4 is 0 Å². The molecule has 0 radical (unpaired) electrons. The number of nitriles is 1. The predicted octanol–water partition coefficient (Wildman–Crippen LogP) is 2.61. The van der Waals surface area contributed by atoms with Crippen LogP contribution in [0.15, 0.2) is 22.7 Å². The van der Waals surface area contributed by atoms with E-state index in [4.69, 9.17) is 10.4 Å². The summed E-state index contributed by atoms with van der Waals surface area (Å²) in [7, 11) is 0. The van der Waals surface area contributed by atoms with Crippen LogP contribution in [0.25, 0.3) is 0 Å². The summed E-state index contributed by atoms with van der Waals surface area (Å²) >= 11 is 3.21. The molecule has 0 amide bonds. The monoisotopic (exact) mass is 225 g/mol. The second kappa shape index (κ2) is 4.13. The molecule has 0 unspecified atom stereocenters. The van der Waals surface area contributed by atoms with Crippen molar-refractivity contribution in [1.82, 2.24) is 0 Å². The molecule has 0 aliphatic rings. The van der Waals surface area contributed by atoms with E-state index in [1.807, 2.05) is 12.1 Å². The Morgan fingerprint density at radius 1 is 1.50 bits per heavy atom. The summed E-state index contributed by atoms with van der Waals surface area (Å²) in [6, 6.07) is 7.34. The zero-order chi connectivity index (χ0) is 8.97. The Morgan fingerprint density at radius 2 is 2.25 bits per heavy atom. The van der Waals surface area contributed by atoms with Gasteiger partial charge in [0.05, 0.1) is 10.5 Å². The highest BCUT2D eigenvalue weighted by Crippen LogP contribution is 2.24. The minimum atomic E-state index is 0.232. The van der Waals surface area contributed by atoms with Crippen LogP contribution in [0, 0.1) is 11.3 Å². The topological polar surface area (TPSA) is 44.0 Å². The number of phenolic OH excluding ortho intramolecular Hbond substituents is 1. The summed E-state index contributed by atoms with van der Waals surface area (Å²) in [5.74, 6) is 0.232. The van der Waals surface area contributed by atoms with E-state index in [0.717, 1.165) is 12.0 Å². The minimum absolute atomic E-state index is 0.232. The van der Waals surface area contributed by atoms with E-state index in [0.29, 0.717) is 10.9 Å².